The van der Waals surface area contributed by atoms with Gasteiger partial charge in [-0.15, -0.1) is 11.8 Å². The highest BCUT2D eigenvalue weighted by Gasteiger charge is 2.18. The molecule has 2 aromatic rings. The molecular weight excluding hydrogens is 411 g/mol. The normalized spacial score (nSPS) is 11.9. The average molecular weight is 437 g/mol. The number of carbonyl (C=O) groups is 2. The molecule has 0 spiro atoms. The standard InChI is InChI=1S/C22H25FO6S/c1-3-5-16-18(8-7-15(13(2)24)21(16)26)29-10-4-11-30-19-9-6-14(12-17(19)23)20(25)22(27)28/h6-9,12,20,25-26H,3-5,10-11H2,1-2H3,(H,27,28). The van der Waals surface area contributed by atoms with E-state index in [1.165, 1.54) is 30.8 Å². The molecule has 0 aliphatic rings. The van der Waals surface area contributed by atoms with Crippen molar-refractivity contribution in [3.8, 4) is 11.5 Å². The lowest BCUT2D eigenvalue weighted by Crippen LogP contribution is -2.10. The second kappa shape index (κ2) is 11.0. The third-order valence-electron chi connectivity index (χ3n) is 4.43. The average Bonchev–Trinajstić information content (AvgIpc) is 2.70. The van der Waals surface area contributed by atoms with Crippen LogP contribution in [0.2, 0.25) is 0 Å². The summed E-state index contributed by atoms with van der Waals surface area (Å²) in [6, 6.07) is 7.08. The molecule has 0 radical (unpaired) electrons. The third-order valence-corrected chi connectivity index (χ3v) is 5.56. The van der Waals surface area contributed by atoms with Gasteiger partial charge < -0.3 is 20.1 Å². The summed E-state index contributed by atoms with van der Waals surface area (Å²) in [5.74, 6) is -1.19. The third kappa shape index (κ3) is 5.96. The highest BCUT2D eigenvalue weighted by Crippen LogP contribution is 2.33. The molecule has 0 heterocycles. The van der Waals surface area contributed by atoms with Gasteiger partial charge in [0.2, 0.25) is 0 Å². The minimum absolute atomic E-state index is 0.00930. The molecular formula is C22H25FO6S. The molecule has 0 aliphatic heterocycles. The van der Waals surface area contributed by atoms with E-state index in [2.05, 4.69) is 0 Å². The van der Waals surface area contributed by atoms with Gasteiger partial charge in [-0.05, 0) is 49.6 Å². The first-order chi connectivity index (χ1) is 14.3. The predicted molar refractivity (Wildman–Crippen MR) is 112 cm³/mol. The molecule has 0 aromatic heterocycles. The Labute approximate surface area is 178 Å². The van der Waals surface area contributed by atoms with Crippen LogP contribution in [0.1, 0.15) is 54.3 Å². The summed E-state index contributed by atoms with van der Waals surface area (Å²) in [5, 5.41) is 28.6. The van der Waals surface area contributed by atoms with Gasteiger partial charge in [0.05, 0.1) is 12.2 Å². The number of aliphatic hydroxyl groups is 1. The van der Waals surface area contributed by atoms with Gasteiger partial charge >= 0.3 is 5.97 Å². The first kappa shape index (κ1) is 23.7. The molecule has 3 N–H and O–H groups in total. The number of hydrogen-bond acceptors (Lipinski definition) is 6. The number of aliphatic hydroxyl groups excluding tert-OH is 1. The molecule has 6 nitrogen and oxygen atoms in total. The number of halogens is 1. The van der Waals surface area contributed by atoms with E-state index < -0.39 is 17.9 Å². The molecule has 8 heteroatoms. The maximum Gasteiger partial charge on any atom is 0.337 e. The van der Waals surface area contributed by atoms with Crippen LogP contribution in [0.3, 0.4) is 0 Å². The van der Waals surface area contributed by atoms with E-state index >= 15 is 0 Å². The van der Waals surface area contributed by atoms with E-state index in [1.54, 1.807) is 12.1 Å². The van der Waals surface area contributed by atoms with Crippen LogP contribution in [0, 0.1) is 5.82 Å². The highest BCUT2D eigenvalue weighted by atomic mass is 32.2. The number of aliphatic carboxylic acids is 1. The molecule has 0 amide bonds. The van der Waals surface area contributed by atoms with Crippen LogP contribution < -0.4 is 4.74 Å². The van der Waals surface area contributed by atoms with Crippen molar-refractivity contribution in [1.82, 2.24) is 0 Å². The molecule has 0 saturated carbocycles. The Morgan fingerprint density at radius 3 is 2.57 bits per heavy atom. The van der Waals surface area contributed by atoms with Gasteiger partial charge in [0.1, 0.15) is 17.3 Å². The molecule has 1 atom stereocenters. The number of rotatable bonds is 11. The first-order valence-electron chi connectivity index (χ1n) is 9.57. The van der Waals surface area contributed by atoms with Gasteiger partial charge in [0, 0.05) is 16.2 Å². The molecule has 0 bridgehead atoms. The van der Waals surface area contributed by atoms with Gasteiger partial charge in [-0.1, -0.05) is 19.4 Å². The van der Waals surface area contributed by atoms with Crippen molar-refractivity contribution < 1.29 is 34.0 Å². The zero-order chi connectivity index (χ0) is 22.3. The molecule has 0 aliphatic carbocycles. The monoisotopic (exact) mass is 436 g/mol. The van der Waals surface area contributed by atoms with Crippen LogP contribution in [0.4, 0.5) is 4.39 Å². The fourth-order valence-corrected chi connectivity index (χ4v) is 3.74. The summed E-state index contributed by atoms with van der Waals surface area (Å²) in [6.07, 6.45) is 0.212. The van der Waals surface area contributed by atoms with Crippen molar-refractivity contribution in [2.24, 2.45) is 0 Å². The first-order valence-corrected chi connectivity index (χ1v) is 10.6. The van der Waals surface area contributed by atoms with E-state index in [1.807, 2.05) is 6.92 Å². The Bertz CT molecular complexity index is 915. The van der Waals surface area contributed by atoms with Gasteiger partial charge in [0.15, 0.2) is 11.9 Å². The fourth-order valence-electron chi connectivity index (χ4n) is 2.90. The molecule has 0 saturated heterocycles. The van der Waals surface area contributed by atoms with Crippen molar-refractivity contribution in [2.75, 3.05) is 12.4 Å². The number of phenols is 1. The summed E-state index contributed by atoms with van der Waals surface area (Å²) < 4.78 is 19.9. The van der Waals surface area contributed by atoms with Gasteiger partial charge in [-0.3, -0.25) is 4.79 Å². The molecule has 0 fully saturated rings. The lowest BCUT2D eigenvalue weighted by atomic mass is 10.0. The number of ether oxygens (including phenoxy) is 1. The van der Waals surface area contributed by atoms with Crippen LogP contribution in [-0.2, 0) is 11.2 Å². The number of thioether (sulfide) groups is 1. The van der Waals surface area contributed by atoms with Crippen LogP contribution in [0.5, 0.6) is 11.5 Å². The number of ketones is 1. The number of carboxylic acid groups (broad SMARTS) is 1. The summed E-state index contributed by atoms with van der Waals surface area (Å²) in [7, 11) is 0. The summed E-state index contributed by atoms with van der Waals surface area (Å²) in [4.78, 5) is 22.7. The second-order valence-corrected chi connectivity index (χ2v) is 7.86. The lowest BCUT2D eigenvalue weighted by molar-refractivity contribution is -0.146. The number of phenolic OH excluding ortho intramolecular Hbond substituents is 1. The minimum atomic E-state index is -1.75. The summed E-state index contributed by atoms with van der Waals surface area (Å²) >= 11 is 1.26. The Morgan fingerprint density at radius 1 is 1.23 bits per heavy atom. The van der Waals surface area contributed by atoms with Crippen molar-refractivity contribution in [2.45, 2.75) is 44.1 Å². The number of carbonyl (C=O) groups excluding carboxylic acids is 1. The van der Waals surface area contributed by atoms with Crippen molar-refractivity contribution in [3.05, 3.63) is 52.8 Å². The van der Waals surface area contributed by atoms with Crippen LogP contribution in [0.15, 0.2) is 35.2 Å². The number of benzene rings is 2. The van der Waals surface area contributed by atoms with Gasteiger partial charge in [-0.25, -0.2) is 9.18 Å². The van der Waals surface area contributed by atoms with Gasteiger partial charge in [-0.2, -0.15) is 0 Å². The Kier molecular flexibility index (Phi) is 8.68. The minimum Gasteiger partial charge on any atom is -0.507 e. The predicted octanol–water partition coefficient (Wildman–Crippen LogP) is 4.37. The molecule has 162 valence electrons. The maximum atomic E-state index is 14.1. The Balaban J connectivity index is 1.92. The van der Waals surface area contributed by atoms with Crippen LogP contribution >= 0.6 is 11.8 Å². The summed E-state index contributed by atoms with van der Waals surface area (Å²) in [5.41, 5.74) is 0.870. The Morgan fingerprint density at radius 2 is 1.97 bits per heavy atom. The van der Waals surface area contributed by atoms with E-state index in [0.717, 1.165) is 12.5 Å². The topological polar surface area (TPSA) is 104 Å². The van der Waals surface area contributed by atoms with E-state index in [9.17, 15) is 24.2 Å². The van der Waals surface area contributed by atoms with Crippen LogP contribution in [0.25, 0.3) is 0 Å². The number of Topliss-reactive ketones (excluding diaryl/α,β-unsaturated/α-hetero) is 1. The fraction of sp³-hybridized carbons (Fsp3) is 0.364. The molecule has 1 unspecified atom stereocenters. The molecule has 2 aromatic carbocycles. The van der Waals surface area contributed by atoms with Crippen LogP contribution in [-0.4, -0.2) is 39.4 Å². The quantitative estimate of drug-likeness (QED) is 0.273. The molecule has 2 rings (SSSR count). The number of hydrogen-bond donors (Lipinski definition) is 3. The van der Waals surface area contributed by atoms with E-state index in [-0.39, 0.29) is 22.7 Å². The highest BCUT2D eigenvalue weighted by molar-refractivity contribution is 7.99. The van der Waals surface area contributed by atoms with Crippen molar-refractivity contribution in [1.29, 1.82) is 0 Å². The zero-order valence-electron chi connectivity index (χ0n) is 16.9. The van der Waals surface area contributed by atoms with Crippen molar-refractivity contribution >= 4 is 23.5 Å². The zero-order valence-corrected chi connectivity index (χ0v) is 17.7. The second-order valence-electron chi connectivity index (χ2n) is 6.73. The van der Waals surface area contributed by atoms with E-state index in [0.29, 0.717) is 41.4 Å². The maximum absolute atomic E-state index is 14.1. The Hall–Kier alpha value is -2.58. The van der Waals surface area contributed by atoms with Gasteiger partial charge in [0.25, 0.3) is 0 Å². The van der Waals surface area contributed by atoms with E-state index in [4.69, 9.17) is 9.84 Å². The SMILES string of the molecule is CCCc1c(OCCCSc2ccc(C(O)C(=O)O)cc2F)ccc(C(C)=O)c1O. The largest absolute Gasteiger partial charge is 0.507 e. The summed E-state index contributed by atoms with van der Waals surface area (Å²) in [6.45, 7) is 3.71. The lowest BCUT2D eigenvalue weighted by Gasteiger charge is -2.14. The smallest absolute Gasteiger partial charge is 0.337 e. The number of aromatic hydroxyl groups is 1. The number of carboxylic acids is 1. The molecule has 30 heavy (non-hydrogen) atoms. The van der Waals surface area contributed by atoms with Crippen molar-refractivity contribution in [3.63, 3.8) is 0 Å².